The van der Waals surface area contributed by atoms with Crippen molar-refractivity contribution in [3.63, 3.8) is 0 Å². The second-order valence-corrected chi connectivity index (χ2v) is 4.69. The zero-order valence-corrected chi connectivity index (χ0v) is 11.2. The van der Waals surface area contributed by atoms with Crippen LogP contribution < -0.4 is 0 Å². The molecule has 3 aromatic rings. The molecule has 0 bridgehead atoms. The Balaban J connectivity index is 1.94. The van der Waals surface area contributed by atoms with E-state index in [0.717, 1.165) is 24.1 Å². The Morgan fingerprint density at radius 3 is 2.70 bits per heavy atom. The van der Waals surface area contributed by atoms with Gasteiger partial charge in [-0.3, -0.25) is 0 Å². The maximum absolute atomic E-state index is 10.8. The quantitative estimate of drug-likeness (QED) is 0.681. The van der Waals surface area contributed by atoms with Crippen LogP contribution in [0, 0.1) is 11.8 Å². The Kier molecular flexibility index (Phi) is 3.25. The first kappa shape index (κ1) is 12.5. The first-order chi connectivity index (χ1) is 9.79. The molecule has 5 heteroatoms. The summed E-state index contributed by atoms with van der Waals surface area (Å²) in [6, 6.07) is 12.2. The third-order valence-electron chi connectivity index (χ3n) is 3.36. The van der Waals surface area contributed by atoms with E-state index >= 15 is 0 Å². The molecule has 0 aliphatic rings. The lowest BCUT2D eigenvalue weighted by molar-refractivity contribution is 0.889. The number of nitroso groups, excluding NO2 is 1. The minimum Gasteiger partial charge on any atom is -0.230 e. The van der Waals surface area contributed by atoms with Crippen LogP contribution in [0.1, 0.15) is 16.8 Å². The molecule has 100 valence electrons. The molecule has 0 saturated carbocycles. The van der Waals surface area contributed by atoms with Gasteiger partial charge in [0.25, 0.3) is 0 Å². The molecule has 20 heavy (non-hydrogen) atoms. The largest absolute Gasteiger partial charge is 0.230 e. The van der Waals surface area contributed by atoms with Gasteiger partial charge in [0.05, 0.1) is 5.69 Å². The molecule has 2 aromatic heterocycles. The minimum atomic E-state index is 0.279. The fourth-order valence-electron chi connectivity index (χ4n) is 2.32. The van der Waals surface area contributed by atoms with E-state index in [1.54, 1.807) is 13.1 Å². The third-order valence-corrected chi connectivity index (χ3v) is 3.36. The van der Waals surface area contributed by atoms with Crippen LogP contribution in [0.3, 0.4) is 0 Å². The van der Waals surface area contributed by atoms with E-state index in [-0.39, 0.29) is 5.82 Å². The lowest BCUT2D eigenvalue weighted by atomic mass is 10.1. The van der Waals surface area contributed by atoms with Gasteiger partial charge in [-0.2, -0.15) is 9.61 Å². The lowest BCUT2D eigenvalue weighted by Crippen LogP contribution is -1.98. The van der Waals surface area contributed by atoms with Gasteiger partial charge in [0, 0.05) is 6.20 Å². The fourth-order valence-corrected chi connectivity index (χ4v) is 2.32. The third kappa shape index (κ3) is 2.18. The van der Waals surface area contributed by atoms with Gasteiger partial charge >= 0.3 is 0 Å². The first-order valence-electron chi connectivity index (χ1n) is 6.50. The number of hydrogen-bond donors (Lipinski definition) is 0. The average Bonchev–Trinajstić information content (AvgIpc) is 2.82. The van der Waals surface area contributed by atoms with Crippen molar-refractivity contribution in [2.45, 2.75) is 19.8 Å². The van der Waals surface area contributed by atoms with Crippen molar-refractivity contribution in [1.82, 2.24) is 14.6 Å². The minimum absolute atomic E-state index is 0.279. The number of aromatic nitrogens is 3. The predicted octanol–water partition coefficient (Wildman–Crippen LogP) is 3.22. The van der Waals surface area contributed by atoms with Crippen LogP contribution in [0.4, 0.5) is 5.82 Å². The number of aryl methyl sites for hydroxylation is 3. The molecule has 0 amide bonds. The highest BCUT2D eigenvalue weighted by Gasteiger charge is 2.13. The van der Waals surface area contributed by atoms with Crippen LogP contribution in [0.25, 0.3) is 5.65 Å². The maximum Gasteiger partial charge on any atom is 0.221 e. The zero-order valence-electron chi connectivity index (χ0n) is 11.2. The predicted molar refractivity (Wildman–Crippen MR) is 77.0 cm³/mol. The molecule has 0 radical (unpaired) electrons. The van der Waals surface area contributed by atoms with Gasteiger partial charge in [0.15, 0.2) is 5.65 Å². The zero-order chi connectivity index (χ0) is 13.9. The molecule has 0 fully saturated rings. The number of fused-ring (bicyclic) bond motifs is 1. The van der Waals surface area contributed by atoms with Crippen molar-refractivity contribution < 1.29 is 0 Å². The molecule has 0 spiro atoms. The summed E-state index contributed by atoms with van der Waals surface area (Å²) < 4.78 is 1.52. The Morgan fingerprint density at radius 1 is 1.15 bits per heavy atom. The highest BCUT2D eigenvalue weighted by Crippen LogP contribution is 2.21. The Bertz CT molecular complexity index is 749. The second kappa shape index (κ2) is 5.21. The van der Waals surface area contributed by atoms with E-state index in [2.05, 4.69) is 27.4 Å². The van der Waals surface area contributed by atoms with Crippen LogP contribution in [0.5, 0.6) is 0 Å². The lowest BCUT2D eigenvalue weighted by Gasteiger charge is -2.03. The van der Waals surface area contributed by atoms with E-state index in [0.29, 0.717) is 5.69 Å². The van der Waals surface area contributed by atoms with Crippen molar-refractivity contribution in [3.8, 4) is 0 Å². The summed E-state index contributed by atoms with van der Waals surface area (Å²) in [4.78, 5) is 15.2. The molecule has 0 unspecified atom stereocenters. The van der Waals surface area contributed by atoms with E-state index in [1.807, 2.05) is 24.3 Å². The number of nitrogens with zero attached hydrogens (tertiary/aromatic N) is 4. The van der Waals surface area contributed by atoms with Crippen molar-refractivity contribution in [1.29, 1.82) is 0 Å². The van der Waals surface area contributed by atoms with E-state index in [1.165, 1.54) is 10.1 Å². The molecule has 3 rings (SSSR count). The molecule has 5 nitrogen and oxygen atoms in total. The number of hydrogen-bond acceptors (Lipinski definition) is 4. The molecule has 0 N–H and O–H groups in total. The highest BCUT2D eigenvalue weighted by molar-refractivity contribution is 5.55. The Morgan fingerprint density at radius 2 is 1.95 bits per heavy atom. The van der Waals surface area contributed by atoms with Crippen molar-refractivity contribution >= 4 is 11.5 Å². The molecular weight excluding hydrogens is 252 g/mol. The number of rotatable bonds is 4. The van der Waals surface area contributed by atoms with Gasteiger partial charge in [0.2, 0.25) is 5.82 Å². The summed E-state index contributed by atoms with van der Waals surface area (Å²) in [5.74, 6) is 0.279. The fraction of sp³-hybridized carbons (Fsp3) is 0.200. The molecule has 0 aliphatic carbocycles. The van der Waals surface area contributed by atoms with Gasteiger partial charge in [-0.1, -0.05) is 30.3 Å². The van der Waals surface area contributed by atoms with Crippen LogP contribution >= 0.6 is 0 Å². The van der Waals surface area contributed by atoms with E-state index in [4.69, 9.17) is 0 Å². The number of imidazole rings is 1. The van der Waals surface area contributed by atoms with Crippen LogP contribution in [-0.4, -0.2) is 14.6 Å². The monoisotopic (exact) mass is 266 g/mol. The van der Waals surface area contributed by atoms with Crippen LogP contribution in [-0.2, 0) is 12.8 Å². The highest BCUT2D eigenvalue weighted by atomic mass is 16.3. The molecule has 2 heterocycles. The van der Waals surface area contributed by atoms with Crippen molar-refractivity contribution in [2.24, 2.45) is 5.18 Å². The summed E-state index contributed by atoms with van der Waals surface area (Å²) in [7, 11) is 0. The SMILES string of the molecule is Cc1nc2c(CCc3ccccc3)ccnn2c1N=O. The first-order valence-corrected chi connectivity index (χ1v) is 6.50. The standard InChI is InChI=1S/C15H14N4O/c1-11-14(18-20)19-15(17-11)13(9-10-16-19)8-7-12-5-3-2-4-6-12/h2-6,9-10H,7-8H2,1H3. The number of benzene rings is 1. The van der Waals surface area contributed by atoms with E-state index in [9.17, 15) is 4.91 Å². The van der Waals surface area contributed by atoms with E-state index < -0.39 is 0 Å². The molecule has 0 aliphatic heterocycles. The summed E-state index contributed by atoms with van der Waals surface area (Å²) in [5.41, 5.74) is 3.68. The normalized spacial score (nSPS) is 10.8. The smallest absolute Gasteiger partial charge is 0.221 e. The molecule has 1 aromatic carbocycles. The molecular formula is C15H14N4O. The van der Waals surface area contributed by atoms with Gasteiger partial charge in [-0.25, -0.2) is 4.98 Å². The second-order valence-electron chi connectivity index (χ2n) is 4.69. The van der Waals surface area contributed by atoms with Crippen molar-refractivity contribution in [3.05, 3.63) is 64.3 Å². The summed E-state index contributed by atoms with van der Waals surface area (Å²) >= 11 is 0. The summed E-state index contributed by atoms with van der Waals surface area (Å²) in [5, 5.41) is 7.15. The van der Waals surface area contributed by atoms with Gasteiger partial charge in [-0.15, -0.1) is 4.91 Å². The average molecular weight is 266 g/mol. The van der Waals surface area contributed by atoms with Gasteiger partial charge < -0.3 is 0 Å². The molecule has 0 saturated heterocycles. The van der Waals surface area contributed by atoms with Crippen LogP contribution in [0.15, 0.2) is 47.8 Å². The molecule has 0 atom stereocenters. The summed E-state index contributed by atoms with van der Waals surface area (Å²) in [6.07, 6.45) is 3.46. The topological polar surface area (TPSA) is 59.6 Å². The Hall–Kier alpha value is -2.56. The van der Waals surface area contributed by atoms with Crippen LogP contribution in [0.2, 0.25) is 0 Å². The Labute approximate surface area is 116 Å². The maximum atomic E-state index is 10.8. The summed E-state index contributed by atoms with van der Waals surface area (Å²) in [6.45, 7) is 1.77. The van der Waals surface area contributed by atoms with Gasteiger partial charge in [0.1, 0.15) is 0 Å². The van der Waals surface area contributed by atoms with Gasteiger partial charge in [-0.05, 0) is 42.1 Å². The van der Waals surface area contributed by atoms with Crippen molar-refractivity contribution in [2.75, 3.05) is 0 Å².